The molecule has 0 unspecified atom stereocenters. The van der Waals surface area contributed by atoms with Crippen molar-refractivity contribution in [3.63, 3.8) is 0 Å². The van der Waals surface area contributed by atoms with Crippen molar-refractivity contribution < 1.29 is 14.6 Å². The molecule has 2 bridgehead atoms. The van der Waals surface area contributed by atoms with Gasteiger partial charge in [0.2, 0.25) is 0 Å². The van der Waals surface area contributed by atoms with Crippen LogP contribution in [0.1, 0.15) is 30.9 Å². The maximum Gasteiger partial charge on any atom is 0.188 e. The molecule has 0 saturated carbocycles. The van der Waals surface area contributed by atoms with Crippen LogP contribution in [-0.2, 0) is 15.9 Å². The lowest BCUT2D eigenvalue weighted by Crippen LogP contribution is -2.43. The number of methoxy groups -OCH3 is 1. The minimum Gasteiger partial charge on any atom is -0.390 e. The van der Waals surface area contributed by atoms with Crippen LogP contribution < -0.4 is 0 Å². The summed E-state index contributed by atoms with van der Waals surface area (Å²) >= 11 is 0. The standard InChI is InChI=1S/C16H20O3/c1-15-9-10-16(18-2,19-15)8-7-12-5-3-4-6-13(12)11-14(15)17/h3-8,14,17H,9-11H2,1-2H3/b8-7-/t14-,15-,16-/m0/s1. The van der Waals surface area contributed by atoms with Crippen LogP contribution in [0.3, 0.4) is 0 Å². The van der Waals surface area contributed by atoms with Gasteiger partial charge < -0.3 is 14.6 Å². The van der Waals surface area contributed by atoms with Gasteiger partial charge in [-0.1, -0.05) is 30.3 Å². The number of hydrogen-bond donors (Lipinski definition) is 1. The van der Waals surface area contributed by atoms with Crippen molar-refractivity contribution in [3.8, 4) is 0 Å². The van der Waals surface area contributed by atoms with Crippen molar-refractivity contribution in [1.82, 2.24) is 0 Å². The van der Waals surface area contributed by atoms with Gasteiger partial charge in [-0.2, -0.15) is 0 Å². The van der Waals surface area contributed by atoms with Crippen molar-refractivity contribution in [1.29, 1.82) is 0 Å². The molecule has 2 aliphatic heterocycles. The summed E-state index contributed by atoms with van der Waals surface area (Å²) in [7, 11) is 1.66. The van der Waals surface area contributed by atoms with Crippen molar-refractivity contribution in [2.24, 2.45) is 0 Å². The molecule has 1 fully saturated rings. The van der Waals surface area contributed by atoms with E-state index in [0.29, 0.717) is 6.42 Å². The maximum absolute atomic E-state index is 10.5. The highest BCUT2D eigenvalue weighted by atomic mass is 16.7. The number of ether oxygens (including phenoxy) is 2. The summed E-state index contributed by atoms with van der Waals surface area (Å²) in [4.78, 5) is 0. The Morgan fingerprint density at radius 2 is 2.11 bits per heavy atom. The molecule has 3 nitrogen and oxygen atoms in total. The molecule has 3 atom stereocenters. The van der Waals surface area contributed by atoms with Crippen molar-refractivity contribution >= 4 is 6.08 Å². The third-order valence-electron chi connectivity index (χ3n) is 4.41. The number of aliphatic hydroxyl groups excluding tert-OH is 1. The molecule has 1 saturated heterocycles. The Labute approximate surface area is 113 Å². The molecule has 3 rings (SSSR count). The average molecular weight is 260 g/mol. The van der Waals surface area contributed by atoms with E-state index in [-0.39, 0.29) is 0 Å². The van der Waals surface area contributed by atoms with Gasteiger partial charge >= 0.3 is 0 Å². The SMILES string of the molecule is CO[C@]12/C=C\c3ccccc3C[C@H](O)[C@](C)(CC1)O2. The highest BCUT2D eigenvalue weighted by molar-refractivity contribution is 5.55. The number of rotatable bonds is 1. The Hall–Kier alpha value is -1.16. The molecule has 0 aliphatic carbocycles. The first-order valence-electron chi connectivity index (χ1n) is 6.77. The zero-order valence-corrected chi connectivity index (χ0v) is 11.4. The zero-order chi connectivity index (χ0) is 13.5. The van der Waals surface area contributed by atoms with Gasteiger partial charge in [-0.15, -0.1) is 0 Å². The van der Waals surface area contributed by atoms with Gasteiger partial charge in [0.1, 0.15) is 0 Å². The van der Waals surface area contributed by atoms with Gasteiger partial charge in [0.25, 0.3) is 0 Å². The molecule has 1 N–H and O–H groups in total. The van der Waals surface area contributed by atoms with Gasteiger partial charge in [0.05, 0.1) is 11.7 Å². The molecule has 0 aromatic heterocycles. The van der Waals surface area contributed by atoms with Crippen LogP contribution in [0.15, 0.2) is 30.3 Å². The lowest BCUT2D eigenvalue weighted by molar-refractivity contribution is -0.226. The topological polar surface area (TPSA) is 38.7 Å². The second kappa shape index (κ2) is 4.44. The summed E-state index contributed by atoms with van der Waals surface area (Å²) in [6.07, 6.45) is 5.68. The van der Waals surface area contributed by atoms with E-state index < -0.39 is 17.5 Å². The summed E-state index contributed by atoms with van der Waals surface area (Å²) in [5.74, 6) is -0.701. The van der Waals surface area contributed by atoms with E-state index in [2.05, 4.69) is 12.1 Å². The number of aliphatic hydroxyl groups is 1. The minimum absolute atomic E-state index is 0.523. The van der Waals surface area contributed by atoms with Crippen LogP contribution in [0, 0.1) is 0 Å². The normalized spacial score (nSPS) is 39.0. The molecule has 0 radical (unpaired) electrons. The molecular weight excluding hydrogens is 240 g/mol. The van der Waals surface area contributed by atoms with E-state index in [1.54, 1.807) is 7.11 Å². The van der Waals surface area contributed by atoms with E-state index in [9.17, 15) is 5.11 Å². The summed E-state index contributed by atoms with van der Waals surface area (Å²) in [6, 6.07) is 8.13. The van der Waals surface area contributed by atoms with Crippen LogP contribution >= 0.6 is 0 Å². The first kappa shape index (κ1) is 12.9. The van der Waals surface area contributed by atoms with E-state index in [1.165, 1.54) is 0 Å². The van der Waals surface area contributed by atoms with Crippen LogP contribution in [0.2, 0.25) is 0 Å². The summed E-state index contributed by atoms with van der Waals surface area (Å²) < 4.78 is 11.7. The quantitative estimate of drug-likeness (QED) is 0.843. The minimum atomic E-state index is -0.701. The maximum atomic E-state index is 10.5. The fourth-order valence-corrected chi connectivity index (χ4v) is 3.01. The molecule has 1 aromatic carbocycles. The highest BCUT2D eigenvalue weighted by Gasteiger charge is 2.49. The fourth-order valence-electron chi connectivity index (χ4n) is 3.01. The van der Waals surface area contributed by atoms with Crippen LogP contribution in [0.5, 0.6) is 0 Å². The molecule has 0 amide bonds. The highest BCUT2D eigenvalue weighted by Crippen LogP contribution is 2.43. The van der Waals surface area contributed by atoms with Gasteiger partial charge in [0, 0.05) is 20.0 Å². The second-order valence-electron chi connectivity index (χ2n) is 5.68. The molecule has 0 spiro atoms. The number of hydrogen-bond acceptors (Lipinski definition) is 3. The molecule has 2 aliphatic rings. The third kappa shape index (κ3) is 2.12. The molecule has 1 aromatic rings. The second-order valence-corrected chi connectivity index (χ2v) is 5.68. The Balaban J connectivity index is 2.08. The molecule has 19 heavy (non-hydrogen) atoms. The lowest BCUT2D eigenvalue weighted by atomic mass is 9.88. The summed E-state index contributed by atoms with van der Waals surface area (Å²) in [5.41, 5.74) is 1.73. The lowest BCUT2D eigenvalue weighted by Gasteiger charge is -2.33. The first-order chi connectivity index (χ1) is 9.07. The van der Waals surface area contributed by atoms with Crippen LogP contribution in [0.4, 0.5) is 0 Å². The van der Waals surface area contributed by atoms with E-state index in [1.807, 2.05) is 31.2 Å². The van der Waals surface area contributed by atoms with E-state index >= 15 is 0 Å². The van der Waals surface area contributed by atoms with E-state index in [0.717, 1.165) is 24.0 Å². The zero-order valence-electron chi connectivity index (χ0n) is 11.4. The number of fused-ring (bicyclic) bond motifs is 3. The summed E-state index contributed by atoms with van der Waals surface area (Å²) in [5, 5.41) is 10.5. The van der Waals surface area contributed by atoms with Gasteiger partial charge in [-0.25, -0.2) is 0 Å². The third-order valence-corrected chi connectivity index (χ3v) is 4.41. The fraction of sp³-hybridized carbons (Fsp3) is 0.500. The Kier molecular flexibility index (Phi) is 3.01. The van der Waals surface area contributed by atoms with Gasteiger partial charge in [0.15, 0.2) is 5.79 Å². The molecule has 2 heterocycles. The Bertz CT molecular complexity index is 510. The molecular formula is C16H20O3. The largest absolute Gasteiger partial charge is 0.390 e. The van der Waals surface area contributed by atoms with Crippen molar-refractivity contribution in [2.45, 2.75) is 43.7 Å². The van der Waals surface area contributed by atoms with Crippen molar-refractivity contribution in [2.75, 3.05) is 7.11 Å². The Morgan fingerprint density at radius 3 is 2.89 bits per heavy atom. The van der Waals surface area contributed by atoms with E-state index in [4.69, 9.17) is 9.47 Å². The smallest absolute Gasteiger partial charge is 0.188 e. The van der Waals surface area contributed by atoms with Gasteiger partial charge in [-0.05, 0) is 30.5 Å². The molecule has 3 heteroatoms. The number of benzene rings is 1. The molecule has 102 valence electrons. The summed E-state index contributed by atoms with van der Waals surface area (Å²) in [6.45, 7) is 1.97. The van der Waals surface area contributed by atoms with Crippen LogP contribution in [-0.4, -0.2) is 29.7 Å². The van der Waals surface area contributed by atoms with Crippen molar-refractivity contribution in [3.05, 3.63) is 41.5 Å². The first-order valence-corrected chi connectivity index (χ1v) is 6.77. The monoisotopic (exact) mass is 260 g/mol. The van der Waals surface area contributed by atoms with Gasteiger partial charge in [-0.3, -0.25) is 0 Å². The predicted octanol–water partition coefficient (Wildman–Crippen LogP) is 2.53. The average Bonchev–Trinajstić information content (AvgIpc) is 2.78. The van der Waals surface area contributed by atoms with Crippen LogP contribution in [0.25, 0.3) is 6.08 Å². The Morgan fingerprint density at radius 1 is 1.32 bits per heavy atom. The predicted molar refractivity (Wildman–Crippen MR) is 73.7 cm³/mol.